The maximum absolute atomic E-state index is 12.3. The average Bonchev–Trinajstić information content (AvgIpc) is 3.21. The van der Waals surface area contributed by atoms with Gasteiger partial charge >= 0.3 is 0 Å². The Kier molecular flexibility index (Phi) is 5.60. The fourth-order valence-corrected chi connectivity index (χ4v) is 3.99. The summed E-state index contributed by atoms with van der Waals surface area (Å²) in [4.78, 5) is 16.9. The third-order valence-electron chi connectivity index (χ3n) is 5.62. The number of nitrogens with zero attached hydrogens (tertiary/aromatic N) is 2. The SMILES string of the molecule is COc1ccc(/C=C/C(=O)NCc2cc3c4ccccc4n(-c4ccccc4)c3cn2)cc1. The van der Waals surface area contributed by atoms with Crippen molar-refractivity contribution < 1.29 is 9.53 Å². The molecule has 0 bridgehead atoms. The molecule has 0 aliphatic rings. The molecule has 5 aromatic rings. The highest BCUT2D eigenvalue weighted by Crippen LogP contribution is 2.31. The number of aromatic nitrogens is 2. The second kappa shape index (κ2) is 9.01. The van der Waals surface area contributed by atoms with Crippen LogP contribution in [0.1, 0.15) is 11.3 Å². The molecule has 0 aliphatic carbocycles. The Hall–Kier alpha value is -4.38. The molecule has 0 unspecified atom stereocenters. The first-order chi connectivity index (χ1) is 16.2. The fraction of sp³-hybridized carbons (Fsp3) is 0.0714. The van der Waals surface area contributed by atoms with Gasteiger partial charge in [0.25, 0.3) is 0 Å². The van der Waals surface area contributed by atoms with Crippen LogP contribution in [-0.2, 0) is 11.3 Å². The molecule has 5 rings (SSSR count). The molecule has 0 saturated heterocycles. The van der Waals surface area contributed by atoms with Crippen molar-refractivity contribution in [3.05, 3.63) is 108 Å². The molecule has 1 N–H and O–H groups in total. The van der Waals surface area contributed by atoms with E-state index in [1.165, 1.54) is 6.08 Å². The first-order valence-electron chi connectivity index (χ1n) is 10.8. The van der Waals surface area contributed by atoms with Crippen LogP contribution >= 0.6 is 0 Å². The van der Waals surface area contributed by atoms with E-state index in [0.717, 1.165) is 44.5 Å². The molecule has 5 nitrogen and oxygen atoms in total. The zero-order valence-corrected chi connectivity index (χ0v) is 18.2. The molecule has 0 aliphatic heterocycles. The second-order valence-corrected chi connectivity index (χ2v) is 7.71. The lowest BCUT2D eigenvalue weighted by Crippen LogP contribution is -2.20. The van der Waals surface area contributed by atoms with Crippen molar-refractivity contribution in [1.29, 1.82) is 0 Å². The maximum atomic E-state index is 12.3. The third-order valence-corrected chi connectivity index (χ3v) is 5.62. The number of para-hydroxylation sites is 2. The normalized spacial score (nSPS) is 11.3. The number of benzene rings is 3. The summed E-state index contributed by atoms with van der Waals surface area (Å²) >= 11 is 0. The number of amides is 1. The summed E-state index contributed by atoms with van der Waals surface area (Å²) in [5.41, 5.74) is 5.00. The lowest BCUT2D eigenvalue weighted by molar-refractivity contribution is -0.116. The van der Waals surface area contributed by atoms with E-state index in [0.29, 0.717) is 6.54 Å². The molecule has 162 valence electrons. The van der Waals surface area contributed by atoms with Crippen molar-refractivity contribution in [2.75, 3.05) is 7.11 Å². The van der Waals surface area contributed by atoms with Crippen molar-refractivity contribution in [1.82, 2.24) is 14.9 Å². The van der Waals surface area contributed by atoms with Crippen LogP contribution in [0.5, 0.6) is 5.75 Å². The van der Waals surface area contributed by atoms with Crippen molar-refractivity contribution in [2.45, 2.75) is 6.54 Å². The largest absolute Gasteiger partial charge is 0.497 e. The van der Waals surface area contributed by atoms with Crippen molar-refractivity contribution in [3.8, 4) is 11.4 Å². The third kappa shape index (κ3) is 4.21. The summed E-state index contributed by atoms with van der Waals surface area (Å²) < 4.78 is 7.37. The minimum atomic E-state index is -0.167. The number of nitrogens with one attached hydrogen (secondary N) is 1. The van der Waals surface area contributed by atoms with E-state index in [9.17, 15) is 4.79 Å². The molecular weight excluding hydrogens is 410 g/mol. The van der Waals surface area contributed by atoms with Gasteiger partial charge in [0, 0.05) is 22.5 Å². The van der Waals surface area contributed by atoms with Crippen LogP contribution in [0.4, 0.5) is 0 Å². The number of pyridine rings is 1. The molecule has 2 heterocycles. The van der Waals surface area contributed by atoms with Gasteiger partial charge in [-0.15, -0.1) is 0 Å². The molecular formula is C28H23N3O2. The highest BCUT2D eigenvalue weighted by molar-refractivity contribution is 6.09. The predicted octanol–water partition coefficient (Wildman–Crippen LogP) is 5.52. The standard InChI is InChI=1S/C28H23N3O2/c1-33-23-14-11-20(12-15-23)13-16-28(32)30-18-21-17-25-24-9-5-6-10-26(24)31(27(25)19-29-21)22-7-3-2-4-8-22/h2-17,19H,18H2,1H3,(H,30,32)/b16-13+. The van der Waals surface area contributed by atoms with Crippen LogP contribution in [0.15, 0.2) is 97.2 Å². The summed E-state index contributed by atoms with van der Waals surface area (Å²) in [7, 11) is 1.63. The van der Waals surface area contributed by atoms with E-state index >= 15 is 0 Å². The summed E-state index contributed by atoms with van der Waals surface area (Å²) in [5, 5.41) is 5.19. The summed E-state index contributed by atoms with van der Waals surface area (Å²) in [6.07, 6.45) is 5.19. The zero-order chi connectivity index (χ0) is 22.6. The minimum Gasteiger partial charge on any atom is -0.497 e. The van der Waals surface area contributed by atoms with Crippen LogP contribution in [-0.4, -0.2) is 22.6 Å². The molecule has 0 spiro atoms. The molecule has 0 radical (unpaired) electrons. The summed E-state index contributed by atoms with van der Waals surface area (Å²) in [6.45, 7) is 0.354. The lowest BCUT2D eigenvalue weighted by atomic mass is 10.1. The van der Waals surface area contributed by atoms with Gasteiger partial charge in [-0.05, 0) is 48.0 Å². The van der Waals surface area contributed by atoms with Gasteiger partial charge in [0.05, 0.1) is 36.6 Å². The molecule has 1 amide bonds. The molecule has 33 heavy (non-hydrogen) atoms. The Balaban J connectivity index is 1.38. The molecule has 0 atom stereocenters. The number of hydrogen-bond donors (Lipinski definition) is 1. The van der Waals surface area contributed by atoms with E-state index in [1.807, 2.05) is 60.8 Å². The van der Waals surface area contributed by atoms with Gasteiger partial charge in [-0.1, -0.05) is 48.5 Å². The van der Waals surface area contributed by atoms with E-state index in [-0.39, 0.29) is 5.91 Å². The van der Waals surface area contributed by atoms with Crippen LogP contribution in [0.25, 0.3) is 33.6 Å². The number of methoxy groups -OCH3 is 1. The molecule has 5 heteroatoms. The number of hydrogen-bond acceptors (Lipinski definition) is 3. The average molecular weight is 434 g/mol. The first-order valence-corrected chi connectivity index (χ1v) is 10.8. The Morgan fingerprint density at radius 1 is 0.939 bits per heavy atom. The number of fused-ring (bicyclic) bond motifs is 3. The topological polar surface area (TPSA) is 56.1 Å². The molecule has 3 aromatic carbocycles. The highest BCUT2D eigenvalue weighted by Gasteiger charge is 2.13. The van der Waals surface area contributed by atoms with Gasteiger partial charge in [-0.3, -0.25) is 9.78 Å². The van der Waals surface area contributed by atoms with E-state index in [1.54, 1.807) is 13.2 Å². The van der Waals surface area contributed by atoms with Crippen LogP contribution < -0.4 is 10.1 Å². The van der Waals surface area contributed by atoms with Crippen LogP contribution in [0.2, 0.25) is 0 Å². The minimum absolute atomic E-state index is 0.167. The molecule has 0 saturated carbocycles. The zero-order valence-electron chi connectivity index (χ0n) is 18.2. The molecule has 0 fully saturated rings. The smallest absolute Gasteiger partial charge is 0.244 e. The van der Waals surface area contributed by atoms with Gasteiger partial charge < -0.3 is 14.6 Å². The number of carbonyl (C=O) groups excluding carboxylic acids is 1. The quantitative estimate of drug-likeness (QED) is 0.359. The maximum Gasteiger partial charge on any atom is 0.244 e. The van der Waals surface area contributed by atoms with Crippen LogP contribution in [0, 0.1) is 0 Å². The van der Waals surface area contributed by atoms with E-state index < -0.39 is 0 Å². The van der Waals surface area contributed by atoms with Gasteiger partial charge in [0.2, 0.25) is 5.91 Å². The Bertz CT molecular complexity index is 1450. The number of rotatable bonds is 6. The number of ether oxygens (including phenoxy) is 1. The Morgan fingerprint density at radius 3 is 2.48 bits per heavy atom. The van der Waals surface area contributed by atoms with Crippen molar-refractivity contribution in [3.63, 3.8) is 0 Å². The van der Waals surface area contributed by atoms with Crippen molar-refractivity contribution >= 4 is 33.8 Å². The Labute approximate surface area is 192 Å². The van der Waals surface area contributed by atoms with Gasteiger partial charge in [-0.25, -0.2) is 0 Å². The summed E-state index contributed by atoms with van der Waals surface area (Å²) in [5.74, 6) is 0.617. The number of carbonyl (C=O) groups is 1. The highest BCUT2D eigenvalue weighted by atomic mass is 16.5. The van der Waals surface area contributed by atoms with E-state index in [2.05, 4.69) is 45.2 Å². The molecule has 2 aromatic heterocycles. The lowest BCUT2D eigenvalue weighted by Gasteiger charge is -2.07. The predicted molar refractivity (Wildman–Crippen MR) is 132 cm³/mol. The second-order valence-electron chi connectivity index (χ2n) is 7.71. The Morgan fingerprint density at radius 2 is 1.70 bits per heavy atom. The van der Waals surface area contributed by atoms with Gasteiger partial charge in [-0.2, -0.15) is 0 Å². The first kappa shape index (κ1) is 20.5. The summed E-state index contributed by atoms with van der Waals surface area (Å²) in [6, 6.07) is 28.2. The fourth-order valence-electron chi connectivity index (χ4n) is 3.99. The monoisotopic (exact) mass is 433 g/mol. The van der Waals surface area contributed by atoms with Crippen LogP contribution in [0.3, 0.4) is 0 Å². The van der Waals surface area contributed by atoms with Gasteiger partial charge in [0.1, 0.15) is 5.75 Å². The van der Waals surface area contributed by atoms with Gasteiger partial charge in [0.15, 0.2) is 0 Å². The van der Waals surface area contributed by atoms with Crippen molar-refractivity contribution in [2.24, 2.45) is 0 Å². The van der Waals surface area contributed by atoms with E-state index in [4.69, 9.17) is 4.74 Å².